The highest BCUT2D eigenvalue weighted by Gasteiger charge is 2.02. The van der Waals surface area contributed by atoms with Gasteiger partial charge in [0.1, 0.15) is 0 Å². The summed E-state index contributed by atoms with van der Waals surface area (Å²) in [6, 6.07) is 8.61. The third-order valence-electron chi connectivity index (χ3n) is 2.86. The first-order valence-corrected chi connectivity index (χ1v) is 5.95. The normalized spacial score (nSPS) is 17.1. The molecular weight excluding hydrogens is 194 g/mol. The van der Waals surface area contributed by atoms with Crippen LogP contribution in [0.1, 0.15) is 17.5 Å². The predicted octanol–water partition coefficient (Wildman–Crippen LogP) is 3.27. The maximum atomic E-state index is 2.45. The third-order valence-corrected chi connectivity index (χ3v) is 2.86. The minimum absolute atomic E-state index is 1.05. The lowest BCUT2D eigenvalue weighted by Gasteiger charge is -2.20. The standard InChI is InChI=1S/C15H19N/c1-14-7-5-8-15(13-14)9-6-12-16-10-3-2-4-11-16/h2-3,5-9,13H,4,10-12H2,1H3. The van der Waals surface area contributed by atoms with Gasteiger partial charge in [-0.1, -0.05) is 54.1 Å². The molecule has 0 unspecified atom stereocenters. The molecule has 16 heavy (non-hydrogen) atoms. The summed E-state index contributed by atoms with van der Waals surface area (Å²) < 4.78 is 0. The van der Waals surface area contributed by atoms with E-state index in [2.05, 4.69) is 60.4 Å². The van der Waals surface area contributed by atoms with Crippen LogP contribution < -0.4 is 0 Å². The molecular formula is C15H19N. The fraction of sp³-hybridized carbons (Fsp3) is 0.333. The van der Waals surface area contributed by atoms with Crippen LogP contribution >= 0.6 is 0 Å². The van der Waals surface area contributed by atoms with Crippen molar-refractivity contribution >= 4 is 6.08 Å². The minimum atomic E-state index is 1.05. The van der Waals surface area contributed by atoms with Crippen LogP contribution in [0.2, 0.25) is 0 Å². The first-order valence-electron chi connectivity index (χ1n) is 5.95. The maximum Gasteiger partial charge on any atom is 0.0169 e. The fourth-order valence-electron chi connectivity index (χ4n) is 1.97. The molecule has 0 saturated carbocycles. The molecule has 0 aromatic heterocycles. The van der Waals surface area contributed by atoms with Crippen LogP contribution in [0.15, 0.2) is 42.5 Å². The molecule has 1 aliphatic heterocycles. The quantitative estimate of drug-likeness (QED) is 0.697. The van der Waals surface area contributed by atoms with Crippen molar-refractivity contribution in [2.24, 2.45) is 0 Å². The summed E-state index contributed by atoms with van der Waals surface area (Å²) in [6.07, 6.45) is 10.2. The number of nitrogens with zero attached hydrogens (tertiary/aromatic N) is 1. The summed E-state index contributed by atoms with van der Waals surface area (Å²) in [5.74, 6) is 0. The molecule has 1 heteroatoms. The molecule has 0 amide bonds. The van der Waals surface area contributed by atoms with E-state index in [4.69, 9.17) is 0 Å². The first-order chi connectivity index (χ1) is 7.84. The van der Waals surface area contributed by atoms with Gasteiger partial charge in [0.25, 0.3) is 0 Å². The second-order valence-electron chi connectivity index (χ2n) is 4.34. The summed E-state index contributed by atoms with van der Waals surface area (Å²) in [5.41, 5.74) is 2.62. The van der Waals surface area contributed by atoms with E-state index in [1.807, 2.05) is 0 Å². The van der Waals surface area contributed by atoms with Gasteiger partial charge in [-0.05, 0) is 18.9 Å². The van der Waals surface area contributed by atoms with E-state index < -0.39 is 0 Å². The minimum Gasteiger partial charge on any atom is -0.296 e. The summed E-state index contributed by atoms with van der Waals surface area (Å²) in [5, 5.41) is 0. The van der Waals surface area contributed by atoms with Gasteiger partial charge in [0, 0.05) is 19.6 Å². The number of benzene rings is 1. The zero-order valence-electron chi connectivity index (χ0n) is 9.89. The lowest BCUT2D eigenvalue weighted by Crippen LogP contribution is -2.27. The monoisotopic (exact) mass is 213 g/mol. The third kappa shape index (κ3) is 3.35. The zero-order chi connectivity index (χ0) is 11.2. The maximum absolute atomic E-state index is 2.45. The largest absolute Gasteiger partial charge is 0.296 e. The molecule has 0 radical (unpaired) electrons. The van der Waals surface area contributed by atoms with Gasteiger partial charge in [-0.2, -0.15) is 0 Å². The van der Waals surface area contributed by atoms with Crippen LogP contribution in [0.5, 0.6) is 0 Å². The Labute approximate surface area is 98.1 Å². The Bertz CT molecular complexity index is 390. The van der Waals surface area contributed by atoms with E-state index in [-0.39, 0.29) is 0 Å². The van der Waals surface area contributed by atoms with Crippen LogP contribution in [-0.2, 0) is 0 Å². The number of hydrogen-bond acceptors (Lipinski definition) is 1. The highest BCUT2D eigenvalue weighted by Crippen LogP contribution is 2.06. The molecule has 2 rings (SSSR count). The van der Waals surface area contributed by atoms with Crippen molar-refractivity contribution in [3.05, 3.63) is 53.6 Å². The topological polar surface area (TPSA) is 3.24 Å². The molecule has 84 valence electrons. The van der Waals surface area contributed by atoms with E-state index in [1.54, 1.807) is 0 Å². The molecule has 1 aliphatic rings. The Morgan fingerprint density at radius 2 is 2.25 bits per heavy atom. The summed E-state index contributed by atoms with van der Waals surface area (Å²) in [6.45, 7) is 5.47. The molecule has 1 nitrogen and oxygen atoms in total. The fourth-order valence-corrected chi connectivity index (χ4v) is 1.97. The summed E-state index contributed by atoms with van der Waals surface area (Å²) >= 11 is 0. The van der Waals surface area contributed by atoms with Crippen molar-refractivity contribution in [1.82, 2.24) is 4.90 Å². The summed E-state index contributed by atoms with van der Waals surface area (Å²) in [4.78, 5) is 2.45. The Morgan fingerprint density at radius 3 is 3.00 bits per heavy atom. The van der Waals surface area contributed by atoms with E-state index in [0.717, 1.165) is 13.1 Å². The van der Waals surface area contributed by atoms with Gasteiger partial charge < -0.3 is 0 Å². The van der Waals surface area contributed by atoms with E-state index in [0.29, 0.717) is 0 Å². The molecule has 0 spiro atoms. The van der Waals surface area contributed by atoms with Gasteiger partial charge in [-0.3, -0.25) is 4.90 Å². The highest BCUT2D eigenvalue weighted by molar-refractivity contribution is 5.50. The molecule has 1 aromatic rings. The van der Waals surface area contributed by atoms with Gasteiger partial charge in [0.15, 0.2) is 0 Å². The number of rotatable bonds is 3. The molecule has 0 saturated heterocycles. The Balaban J connectivity index is 1.87. The molecule has 0 aliphatic carbocycles. The molecule has 0 atom stereocenters. The second-order valence-corrected chi connectivity index (χ2v) is 4.34. The van der Waals surface area contributed by atoms with Gasteiger partial charge in [0.05, 0.1) is 0 Å². The molecule has 0 fully saturated rings. The van der Waals surface area contributed by atoms with Crippen molar-refractivity contribution in [2.45, 2.75) is 13.3 Å². The zero-order valence-corrected chi connectivity index (χ0v) is 9.89. The van der Waals surface area contributed by atoms with Gasteiger partial charge in [-0.15, -0.1) is 0 Å². The second kappa shape index (κ2) is 5.66. The number of hydrogen-bond donors (Lipinski definition) is 0. The van der Waals surface area contributed by atoms with Crippen molar-refractivity contribution < 1.29 is 0 Å². The first kappa shape index (κ1) is 11.2. The van der Waals surface area contributed by atoms with Crippen molar-refractivity contribution in [1.29, 1.82) is 0 Å². The lowest BCUT2D eigenvalue weighted by molar-refractivity contribution is 0.331. The predicted molar refractivity (Wildman–Crippen MR) is 70.4 cm³/mol. The molecule has 1 aromatic carbocycles. The average molecular weight is 213 g/mol. The van der Waals surface area contributed by atoms with Crippen LogP contribution in [0.4, 0.5) is 0 Å². The van der Waals surface area contributed by atoms with Crippen LogP contribution in [0.3, 0.4) is 0 Å². The van der Waals surface area contributed by atoms with E-state index in [1.165, 1.54) is 24.1 Å². The van der Waals surface area contributed by atoms with E-state index >= 15 is 0 Å². The molecule has 1 heterocycles. The Morgan fingerprint density at radius 1 is 1.31 bits per heavy atom. The van der Waals surface area contributed by atoms with Crippen LogP contribution in [0, 0.1) is 6.92 Å². The average Bonchev–Trinajstić information content (AvgIpc) is 2.30. The lowest BCUT2D eigenvalue weighted by atomic mass is 10.1. The Kier molecular flexibility index (Phi) is 3.95. The van der Waals surface area contributed by atoms with Crippen molar-refractivity contribution in [3.8, 4) is 0 Å². The molecule has 0 N–H and O–H groups in total. The summed E-state index contributed by atoms with van der Waals surface area (Å²) in [7, 11) is 0. The van der Waals surface area contributed by atoms with Crippen LogP contribution in [-0.4, -0.2) is 24.5 Å². The smallest absolute Gasteiger partial charge is 0.0169 e. The van der Waals surface area contributed by atoms with Crippen molar-refractivity contribution in [2.75, 3.05) is 19.6 Å². The number of aryl methyl sites for hydroxylation is 1. The van der Waals surface area contributed by atoms with Gasteiger partial charge >= 0.3 is 0 Å². The SMILES string of the molecule is Cc1cccc(C=CCN2CC=CCC2)c1. The van der Waals surface area contributed by atoms with E-state index in [9.17, 15) is 0 Å². The van der Waals surface area contributed by atoms with Gasteiger partial charge in [0.2, 0.25) is 0 Å². The highest BCUT2D eigenvalue weighted by atomic mass is 15.1. The van der Waals surface area contributed by atoms with Crippen LogP contribution in [0.25, 0.3) is 6.08 Å². The van der Waals surface area contributed by atoms with Gasteiger partial charge in [-0.25, -0.2) is 0 Å². The molecule has 0 bridgehead atoms. The Hall–Kier alpha value is -1.34. The van der Waals surface area contributed by atoms with Crippen molar-refractivity contribution in [3.63, 3.8) is 0 Å².